The molecule has 1 atom stereocenters. The van der Waals surface area contributed by atoms with Crippen LogP contribution in [0.2, 0.25) is 0 Å². The highest BCUT2D eigenvalue weighted by atomic mass is 16.6. The van der Waals surface area contributed by atoms with Crippen LogP contribution in [0.5, 0.6) is 0 Å². The predicted molar refractivity (Wildman–Crippen MR) is 361 cm³/mol. The Kier molecular flexibility index (Phi) is 64.9. The lowest BCUT2D eigenvalue weighted by molar-refractivity contribution is -0.167. The number of hydrogen-bond donors (Lipinski definition) is 0. The number of allylic oxidation sites excluding steroid dienone is 28. The van der Waals surface area contributed by atoms with Gasteiger partial charge >= 0.3 is 17.9 Å². The van der Waals surface area contributed by atoms with Gasteiger partial charge in [0.25, 0.3) is 0 Å². The highest BCUT2D eigenvalue weighted by Crippen LogP contribution is 2.15. The molecule has 0 N–H and O–H groups in total. The second-order valence-electron chi connectivity index (χ2n) is 21.6. The fraction of sp³-hybridized carbons (Fsp3) is 0.597. The molecule has 0 saturated carbocycles. The fourth-order valence-corrected chi connectivity index (χ4v) is 8.72. The minimum absolute atomic E-state index is 0.105. The van der Waals surface area contributed by atoms with E-state index in [1.54, 1.807) is 0 Å². The zero-order valence-electron chi connectivity index (χ0n) is 53.4. The third-order valence-corrected chi connectivity index (χ3v) is 13.7. The first kappa shape index (κ1) is 77.8. The van der Waals surface area contributed by atoms with E-state index >= 15 is 0 Å². The van der Waals surface area contributed by atoms with Crippen molar-refractivity contribution in [3.05, 3.63) is 170 Å². The maximum atomic E-state index is 12.9. The number of ether oxygens (including phenoxy) is 3. The van der Waals surface area contributed by atoms with Gasteiger partial charge in [0.05, 0.1) is 0 Å². The van der Waals surface area contributed by atoms with Crippen LogP contribution in [0.25, 0.3) is 0 Å². The second-order valence-corrected chi connectivity index (χ2v) is 21.6. The van der Waals surface area contributed by atoms with Crippen molar-refractivity contribution in [2.45, 2.75) is 284 Å². The Morgan fingerprint density at radius 2 is 0.470 bits per heavy atom. The first-order valence-corrected chi connectivity index (χ1v) is 33.6. The van der Waals surface area contributed by atoms with Crippen molar-refractivity contribution in [3.8, 4) is 0 Å². The van der Waals surface area contributed by atoms with Crippen LogP contribution >= 0.6 is 0 Å². The van der Waals surface area contributed by atoms with E-state index in [4.69, 9.17) is 14.2 Å². The lowest BCUT2D eigenvalue weighted by atomic mass is 10.0. The zero-order chi connectivity index (χ0) is 59.9. The van der Waals surface area contributed by atoms with Gasteiger partial charge in [-0.1, -0.05) is 281 Å². The van der Waals surface area contributed by atoms with Crippen molar-refractivity contribution in [1.29, 1.82) is 0 Å². The molecule has 0 fully saturated rings. The van der Waals surface area contributed by atoms with Crippen molar-refractivity contribution in [3.63, 3.8) is 0 Å². The zero-order valence-corrected chi connectivity index (χ0v) is 53.4. The molecular formula is C77H122O6. The van der Waals surface area contributed by atoms with Crippen molar-refractivity contribution >= 4 is 17.9 Å². The summed E-state index contributed by atoms with van der Waals surface area (Å²) in [5.41, 5.74) is 0. The minimum Gasteiger partial charge on any atom is -0.462 e. The molecule has 0 aliphatic heterocycles. The van der Waals surface area contributed by atoms with Gasteiger partial charge in [0.15, 0.2) is 6.10 Å². The third kappa shape index (κ3) is 67.4. The molecule has 0 aromatic heterocycles. The van der Waals surface area contributed by atoms with E-state index in [2.05, 4.69) is 191 Å². The summed E-state index contributed by atoms with van der Waals surface area (Å²) in [6.45, 7) is 6.31. The number of carbonyl (C=O) groups is 3. The van der Waals surface area contributed by atoms with Gasteiger partial charge in [-0.2, -0.15) is 0 Å². The smallest absolute Gasteiger partial charge is 0.306 e. The largest absolute Gasteiger partial charge is 0.462 e. The molecule has 6 heteroatoms. The summed E-state index contributed by atoms with van der Waals surface area (Å²) in [6.07, 6.45) is 102. The molecule has 0 aliphatic carbocycles. The quantitative estimate of drug-likeness (QED) is 0.0261. The Morgan fingerprint density at radius 1 is 0.253 bits per heavy atom. The molecule has 0 bridgehead atoms. The number of hydrogen-bond acceptors (Lipinski definition) is 6. The third-order valence-electron chi connectivity index (χ3n) is 13.7. The van der Waals surface area contributed by atoms with E-state index in [0.717, 1.165) is 167 Å². The van der Waals surface area contributed by atoms with Crippen LogP contribution in [0, 0.1) is 0 Å². The van der Waals surface area contributed by atoms with E-state index in [-0.39, 0.29) is 37.5 Å². The van der Waals surface area contributed by atoms with Gasteiger partial charge in [0.1, 0.15) is 13.2 Å². The molecule has 466 valence electrons. The Balaban J connectivity index is 4.42. The molecule has 0 spiro atoms. The molecule has 6 nitrogen and oxygen atoms in total. The van der Waals surface area contributed by atoms with Gasteiger partial charge in [0, 0.05) is 19.3 Å². The normalized spacial score (nSPS) is 13.2. The maximum absolute atomic E-state index is 12.9. The Labute approximate surface area is 511 Å². The molecule has 0 heterocycles. The summed E-state index contributed by atoms with van der Waals surface area (Å²) in [5, 5.41) is 0. The van der Waals surface area contributed by atoms with Crippen LogP contribution in [-0.2, 0) is 28.6 Å². The van der Waals surface area contributed by atoms with Crippen molar-refractivity contribution in [1.82, 2.24) is 0 Å². The first-order valence-electron chi connectivity index (χ1n) is 33.6. The number of rotatable bonds is 59. The van der Waals surface area contributed by atoms with Crippen LogP contribution in [0.15, 0.2) is 170 Å². The number of carbonyl (C=O) groups excluding carboxylic acids is 3. The molecule has 0 aromatic carbocycles. The summed E-state index contributed by atoms with van der Waals surface area (Å²) in [4.78, 5) is 38.4. The summed E-state index contributed by atoms with van der Waals surface area (Å²) in [5.74, 6) is -0.958. The Morgan fingerprint density at radius 3 is 0.747 bits per heavy atom. The lowest BCUT2D eigenvalue weighted by Crippen LogP contribution is -2.30. The van der Waals surface area contributed by atoms with Crippen molar-refractivity contribution < 1.29 is 28.6 Å². The minimum atomic E-state index is -0.813. The molecule has 0 saturated heterocycles. The van der Waals surface area contributed by atoms with E-state index in [1.807, 2.05) is 0 Å². The average Bonchev–Trinajstić information content (AvgIpc) is 3.49. The number of esters is 3. The van der Waals surface area contributed by atoms with E-state index in [1.165, 1.54) is 64.2 Å². The fourth-order valence-electron chi connectivity index (χ4n) is 8.72. The molecule has 0 aromatic rings. The van der Waals surface area contributed by atoms with E-state index in [9.17, 15) is 14.4 Å². The molecular weight excluding hydrogens is 1020 g/mol. The molecule has 1 unspecified atom stereocenters. The number of unbranched alkanes of at least 4 members (excludes halogenated alkanes) is 20. The van der Waals surface area contributed by atoms with Gasteiger partial charge in [0.2, 0.25) is 0 Å². The second kappa shape index (κ2) is 69.3. The molecule has 83 heavy (non-hydrogen) atoms. The average molecular weight is 1140 g/mol. The van der Waals surface area contributed by atoms with Crippen LogP contribution in [0.3, 0.4) is 0 Å². The summed E-state index contributed by atoms with van der Waals surface area (Å²) >= 11 is 0. The molecule has 0 radical (unpaired) electrons. The van der Waals surface area contributed by atoms with Gasteiger partial charge in [-0.25, -0.2) is 0 Å². The summed E-state index contributed by atoms with van der Waals surface area (Å²) in [7, 11) is 0. The van der Waals surface area contributed by atoms with Crippen LogP contribution in [-0.4, -0.2) is 37.2 Å². The van der Waals surface area contributed by atoms with Crippen molar-refractivity contribution in [2.24, 2.45) is 0 Å². The van der Waals surface area contributed by atoms with E-state index in [0.29, 0.717) is 19.3 Å². The van der Waals surface area contributed by atoms with Crippen LogP contribution in [0.1, 0.15) is 278 Å². The van der Waals surface area contributed by atoms with Crippen LogP contribution < -0.4 is 0 Å². The SMILES string of the molecule is CC/C=C\C/C=C\C/C=C\C/C=C\C/C=C\C/C=C\C/C=C\CCCCCC(=O)OC(COC(=O)CCCCCCC/C=C\C/C=C\CCC)COC(=O)CCCCCCCCCCCCC/C=C\C/C=C\C/C=C\C/C=C\C/C=C\CC. The Bertz CT molecular complexity index is 1890. The van der Waals surface area contributed by atoms with Gasteiger partial charge in [-0.15, -0.1) is 0 Å². The first-order chi connectivity index (χ1) is 41.0. The Hall–Kier alpha value is -5.23. The highest BCUT2D eigenvalue weighted by Gasteiger charge is 2.19. The predicted octanol–water partition coefficient (Wildman–Crippen LogP) is 23.4. The topological polar surface area (TPSA) is 78.9 Å². The van der Waals surface area contributed by atoms with Gasteiger partial charge < -0.3 is 14.2 Å². The molecule has 0 aliphatic rings. The van der Waals surface area contributed by atoms with Gasteiger partial charge in [-0.3, -0.25) is 14.4 Å². The summed E-state index contributed by atoms with van der Waals surface area (Å²) < 4.78 is 16.9. The lowest BCUT2D eigenvalue weighted by Gasteiger charge is -2.18. The summed E-state index contributed by atoms with van der Waals surface area (Å²) in [6, 6.07) is 0. The molecule has 0 rings (SSSR count). The standard InChI is InChI=1S/C77H122O6/c1-4-7-10-13-16-19-22-25-27-29-31-33-35-37-38-40-41-43-45-47-49-52-55-58-61-64-67-70-76(79)82-73-74(72-81-75(78)69-66-63-60-57-54-51-24-21-18-15-12-9-6-3)83-77(80)71-68-65-62-59-56-53-50-48-46-44-42-39-36-34-32-30-28-26-23-20-17-14-11-8-5-2/h7-8,10-12,15-17,19-21,24-28,31-34,37-39,42,46,48,53,56,74H,4-6,9,13-14,18,22-23,29-30,35-36,40-41,43-45,47,49-52,54-55,57-73H2,1-3H3/b10-7-,11-8-,15-12-,19-16-,20-17-,24-21-,27-25-,28-26-,33-31-,34-32-,38-37-,42-39-,48-46-,56-53-. The maximum Gasteiger partial charge on any atom is 0.306 e. The molecule has 0 amide bonds. The van der Waals surface area contributed by atoms with Crippen molar-refractivity contribution in [2.75, 3.05) is 13.2 Å². The van der Waals surface area contributed by atoms with E-state index < -0.39 is 6.10 Å². The van der Waals surface area contributed by atoms with Gasteiger partial charge in [-0.05, 0) is 148 Å². The van der Waals surface area contributed by atoms with Crippen LogP contribution in [0.4, 0.5) is 0 Å². The monoisotopic (exact) mass is 1140 g/mol. The highest BCUT2D eigenvalue weighted by molar-refractivity contribution is 5.71.